The summed E-state index contributed by atoms with van der Waals surface area (Å²) >= 11 is 0. The van der Waals surface area contributed by atoms with Crippen LogP contribution in [0.1, 0.15) is 22.3 Å². The number of hydrogen-bond donors (Lipinski definition) is 0. The van der Waals surface area contributed by atoms with Crippen molar-refractivity contribution in [3.05, 3.63) is 259 Å². The lowest BCUT2D eigenvalue weighted by Crippen LogP contribution is -2.28. The van der Waals surface area contributed by atoms with E-state index in [9.17, 15) is 0 Å². The molecule has 3 nitrogen and oxygen atoms in total. The summed E-state index contributed by atoms with van der Waals surface area (Å²) in [4.78, 5) is 5.60. The summed E-state index contributed by atoms with van der Waals surface area (Å²) in [6.45, 7) is 0. The van der Waals surface area contributed by atoms with Crippen LogP contribution < -0.4 is 0 Å². The number of pyridine rings is 1. The first-order valence-corrected chi connectivity index (χ1v) is 21.7. The van der Waals surface area contributed by atoms with Crippen molar-refractivity contribution < 1.29 is 0 Å². The molecule has 1 aliphatic rings. The molecule has 12 aromatic rings. The van der Waals surface area contributed by atoms with Crippen molar-refractivity contribution in [1.82, 2.24) is 14.1 Å². The maximum atomic E-state index is 5.60. The SMILES string of the molecule is c1ccc(-c2cc(-c3ccccc3)nc(-n3c4cc(C5(c6ccccc6)c6ccccc6-c6ccccc65)ccc4c4cc5c(cc43)c3ccccc3n5-c3ccccc3)c2)cc1. The van der Waals surface area contributed by atoms with Crippen LogP contribution in [0.15, 0.2) is 237 Å². The molecule has 0 atom stereocenters. The van der Waals surface area contributed by atoms with E-state index in [0.29, 0.717) is 0 Å². The third-order valence-corrected chi connectivity index (χ3v) is 13.4. The molecule has 13 rings (SSSR count). The standard InChI is InChI=1S/C60H39N3/c1-5-19-40(20-6-1)42-35-54(41-21-7-2-8-22-41)61-59(36-42)63-56-37-44(60(43-23-9-3-10-24-43)52-30-16-13-27-46(52)47-28-14-17-31-53(47)60)33-34-49(56)51-38-57-50(39-58(51)63)48-29-15-18-32-55(48)62(57)45-25-11-4-12-26-45/h1-39H. The Kier molecular flexibility index (Phi) is 7.82. The van der Waals surface area contributed by atoms with Gasteiger partial charge in [0.05, 0.1) is 33.2 Å². The van der Waals surface area contributed by atoms with Gasteiger partial charge in [0.15, 0.2) is 0 Å². The summed E-state index contributed by atoms with van der Waals surface area (Å²) in [6, 6.07) is 86.4. The fourth-order valence-electron chi connectivity index (χ4n) is 10.7. The first-order valence-electron chi connectivity index (χ1n) is 21.7. The first-order chi connectivity index (χ1) is 31.3. The maximum absolute atomic E-state index is 5.60. The molecule has 0 N–H and O–H groups in total. The average Bonchev–Trinajstić information content (AvgIpc) is 3.97. The largest absolute Gasteiger partial charge is 0.309 e. The number of aromatic nitrogens is 3. The summed E-state index contributed by atoms with van der Waals surface area (Å²) in [7, 11) is 0. The minimum atomic E-state index is -0.552. The molecule has 0 radical (unpaired) electrons. The average molecular weight is 802 g/mol. The Morgan fingerprint density at radius 3 is 1.52 bits per heavy atom. The van der Waals surface area contributed by atoms with E-state index < -0.39 is 5.41 Å². The van der Waals surface area contributed by atoms with Gasteiger partial charge in [-0.25, -0.2) is 4.98 Å². The van der Waals surface area contributed by atoms with Crippen molar-refractivity contribution in [3.8, 4) is 45.0 Å². The molecule has 0 amide bonds. The van der Waals surface area contributed by atoms with Crippen LogP contribution in [0.4, 0.5) is 0 Å². The second-order valence-corrected chi connectivity index (χ2v) is 16.7. The smallest absolute Gasteiger partial charge is 0.138 e. The van der Waals surface area contributed by atoms with Crippen molar-refractivity contribution in [2.75, 3.05) is 0 Å². The van der Waals surface area contributed by atoms with E-state index in [1.807, 2.05) is 0 Å². The van der Waals surface area contributed by atoms with Crippen molar-refractivity contribution >= 4 is 43.6 Å². The van der Waals surface area contributed by atoms with Gasteiger partial charge < -0.3 is 4.57 Å². The van der Waals surface area contributed by atoms with Crippen LogP contribution in [0.25, 0.3) is 88.6 Å². The normalized spacial score (nSPS) is 12.9. The number of para-hydroxylation sites is 2. The Bertz CT molecular complexity index is 3610. The fourth-order valence-corrected chi connectivity index (χ4v) is 10.7. The van der Waals surface area contributed by atoms with Gasteiger partial charge in [0.25, 0.3) is 0 Å². The van der Waals surface area contributed by atoms with Crippen LogP contribution in [0.2, 0.25) is 0 Å². The number of nitrogens with zero attached hydrogens (tertiary/aromatic N) is 3. The lowest BCUT2D eigenvalue weighted by Gasteiger charge is -2.34. The molecule has 9 aromatic carbocycles. The topological polar surface area (TPSA) is 22.8 Å². The van der Waals surface area contributed by atoms with E-state index in [4.69, 9.17) is 4.98 Å². The Morgan fingerprint density at radius 1 is 0.317 bits per heavy atom. The Balaban J connectivity index is 1.19. The maximum Gasteiger partial charge on any atom is 0.138 e. The van der Waals surface area contributed by atoms with Gasteiger partial charge in [0.2, 0.25) is 0 Å². The van der Waals surface area contributed by atoms with Gasteiger partial charge in [-0.05, 0) is 93.0 Å². The van der Waals surface area contributed by atoms with Crippen LogP contribution in [-0.2, 0) is 5.41 Å². The van der Waals surface area contributed by atoms with E-state index in [2.05, 4.69) is 246 Å². The van der Waals surface area contributed by atoms with E-state index in [0.717, 1.165) is 44.9 Å². The van der Waals surface area contributed by atoms with Crippen LogP contribution in [-0.4, -0.2) is 14.1 Å². The van der Waals surface area contributed by atoms with E-state index in [-0.39, 0.29) is 0 Å². The lowest BCUT2D eigenvalue weighted by molar-refractivity contribution is 0.769. The van der Waals surface area contributed by atoms with Crippen LogP contribution in [0.3, 0.4) is 0 Å². The summed E-state index contributed by atoms with van der Waals surface area (Å²) in [6.07, 6.45) is 0. The molecule has 3 heteroatoms. The summed E-state index contributed by atoms with van der Waals surface area (Å²) in [5, 5.41) is 4.77. The van der Waals surface area contributed by atoms with E-state index in [1.165, 1.54) is 66.0 Å². The molecule has 0 saturated heterocycles. The van der Waals surface area contributed by atoms with E-state index >= 15 is 0 Å². The second kappa shape index (κ2) is 13.9. The Labute approximate surface area is 365 Å². The van der Waals surface area contributed by atoms with Crippen LogP contribution in [0.5, 0.6) is 0 Å². The summed E-state index contributed by atoms with van der Waals surface area (Å²) in [5.74, 6) is 0.875. The van der Waals surface area contributed by atoms with Gasteiger partial charge in [-0.1, -0.05) is 188 Å². The highest BCUT2D eigenvalue weighted by Gasteiger charge is 2.46. The Hall–Kier alpha value is -8.27. The predicted molar refractivity (Wildman–Crippen MR) is 261 cm³/mol. The summed E-state index contributed by atoms with van der Waals surface area (Å²) in [5.41, 5.74) is 17.0. The highest BCUT2D eigenvalue weighted by molar-refractivity contribution is 6.19. The van der Waals surface area contributed by atoms with Gasteiger partial charge in [-0.3, -0.25) is 4.57 Å². The van der Waals surface area contributed by atoms with E-state index in [1.54, 1.807) is 0 Å². The van der Waals surface area contributed by atoms with Crippen LogP contribution in [0, 0.1) is 0 Å². The molecule has 0 aliphatic heterocycles. The second-order valence-electron chi connectivity index (χ2n) is 16.7. The van der Waals surface area contributed by atoms with Crippen molar-refractivity contribution in [2.24, 2.45) is 0 Å². The molecule has 0 saturated carbocycles. The zero-order chi connectivity index (χ0) is 41.5. The molecule has 294 valence electrons. The lowest BCUT2D eigenvalue weighted by atomic mass is 9.67. The first kappa shape index (κ1) is 35.5. The molecular weight excluding hydrogens is 763 g/mol. The monoisotopic (exact) mass is 801 g/mol. The highest BCUT2D eigenvalue weighted by Crippen LogP contribution is 2.56. The number of benzene rings is 9. The predicted octanol–water partition coefficient (Wildman–Crippen LogP) is 15.0. The molecule has 1 aliphatic carbocycles. The highest BCUT2D eigenvalue weighted by atomic mass is 15.1. The fraction of sp³-hybridized carbons (Fsp3) is 0.0167. The molecule has 3 heterocycles. The van der Waals surface area contributed by atoms with Gasteiger partial charge in [-0.15, -0.1) is 0 Å². The van der Waals surface area contributed by atoms with Gasteiger partial charge in [-0.2, -0.15) is 0 Å². The zero-order valence-corrected chi connectivity index (χ0v) is 34.4. The van der Waals surface area contributed by atoms with Gasteiger partial charge in [0.1, 0.15) is 5.82 Å². The molecule has 0 bridgehead atoms. The van der Waals surface area contributed by atoms with Gasteiger partial charge in [0, 0.05) is 32.8 Å². The van der Waals surface area contributed by atoms with Crippen molar-refractivity contribution in [3.63, 3.8) is 0 Å². The van der Waals surface area contributed by atoms with Crippen molar-refractivity contribution in [2.45, 2.75) is 5.41 Å². The molecule has 0 unspecified atom stereocenters. The zero-order valence-electron chi connectivity index (χ0n) is 34.4. The third-order valence-electron chi connectivity index (χ3n) is 13.4. The van der Waals surface area contributed by atoms with Crippen molar-refractivity contribution in [1.29, 1.82) is 0 Å². The molecule has 0 spiro atoms. The molecule has 3 aromatic heterocycles. The third kappa shape index (κ3) is 5.23. The van der Waals surface area contributed by atoms with Gasteiger partial charge >= 0.3 is 0 Å². The molecule has 63 heavy (non-hydrogen) atoms. The number of rotatable bonds is 6. The molecular formula is C60H39N3. The minimum absolute atomic E-state index is 0.552. The van der Waals surface area contributed by atoms with Crippen LogP contribution >= 0.6 is 0 Å². The minimum Gasteiger partial charge on any atom is -0.309 e. The number of fused-ring (bicyclic) bond motifs is 9. The number of hydrogen-bond acceptors (Lipinski definition) is 1. The molecule has 0 fully saturated rings. The Morgan fingerprint density at radius 2 is 0.841 bits per heavy atom. The summed E-state index contributed by atoms with van der Waals surface area (Å²) < 4.78 is 4.85. The quantitative estimate of drug-likeness (QED) is 0.164.